The molecule has 33 heavy (non-hydrogen) atoms. The van der Waals surface area contributed by atoms with Crippen LogP contribution in [-0.4, -0.2) is 27.8 Å². The molecule has 0 amide bonds. The molecule has 0 radical (unpaired) electrons. The molecule has 4 aromatic rings. The molecule has 0 N–H and O–H groups in total. The van der Waals surface area contributed by atoms with E-state index in [0.29, 0.717) is 22.2 Å². The number of ether oxygens (including phenoxy) is 2. The zero-order chi connectivity index (χ0) is 23.7. The van der Waals surface area contributed by atoms with E-state index in [9.17, 15) is 14.9 Å². The fourth-order valence-corrected chi connectivity index (χ4v) is 4.24. The van der Waals surface area contributed by atoms with E-state index in [1.54, 1.807) is 35.0 Å². The van der Waals surface area contributed by atoms with E-state index in [1.165, 1.54) is 31.4 Å². The van der Waals surface area contributed by atoms with Crippen LogP contribution in [0.1, 0.15) is 15.9 Å². The topological polar surface area (TPSA) is 96.5 Å². The molecule has 3 aromatic carbocycles. The Morgan fingerprint density at radius 2 is 1.82 bits per heavy atom. The Kier molecular flexibility index (Phi) is 6.42. The number of hydrogen-bond acceptors (Lipinski definition) is 6. The molecule has 0 saturated carbocycles. The van der Waals surface area contributed by atoms with Gasteiger partial charge in [0.1, 0.15) is 5.75 Å². The molecule has 0 saturated heterocycles. The Labute approximate surface area is 202 Å². The minimum Gasteiger partial charge on any atom is -0.497 e. The summed E-state index contributed by atoms with van der Waals surface area (Å²) in [7, 11) is 1.51. The van der Waals surface area contributed by atoms with Crippen molar-refractivity contribution in [2.24, 2.45) is 0 Å². The number of fused-ring (bicyclic) bond motifs is 1. The first-order valence-corrected chi connectivity index (χ1v) is 10.5. The first-order chi connectivity index (χ1) is 15.8. The lowest BCUT2D eigenvalue weighted by atomic mass is 10.2. The molecule has 11 heteroatoms. The number of non-ortho nitro benzene ring substituents is 1. The van der Waals surface area contributed by atoms with Crippen LogP contribution in [0.2, 0.25) is 15.1 Å². The molecule has 1 heterocycles. The average molecular weight is 507 g/mol. The van der Waals surface area contributed by atoms with Gasteiger partial charge in [0, 0.05) is 17.2 Å². The number of methoxy groups -OCH3 is 1. The Bertz CT molecular complexity index is 1380. The van der Waals surface area contributed by atoms with E-state index in [-0.39, 0.29) is 38.7 Å². The molecule has 8 nitrogen and oxygen atoms in total. The molecule has 0 bridgehead atoms. The predicted molar refractivity (Wildman–Crippen MR) is 125 cm³/mol. The van der Waals surface area contributed by atoms with Crippen LogP contribution in [0.15, 0.2) is 54.6 Å². The van der Waals surface area contributed by atoms with Gasteiger partial charge in [0.2, 0.25) is 5.88 Å². The van der Waals surface area contributed by atoms with Crippen LogP contribution in [0, 0.1) is 10.1 Å². The molecule has 0 aliphatic heterocycles. The number of esters is 1. The number of nitrogens with zero attached hydrogens (tertiary/aromatic N) is 3. The van der Waals surface area contributed by atoms with Crippen molar-refractivity contribution < 1.29 is 19.2 Å². The minimum absolute atomic E-state index is 0.00131. The Morgan fingerprint density at radius 1 is 1.09 bits per heavy atom. The van der Waals surface area contributed by atoms with E-state index in [2.05, 4.69) is 5.10 Å². The maximum absolute atomic E-state index is 12.9. The zero-order valence-electron chi connectivity index (χ0n) is 16.9. The summed E-state index contributed by atoms with van der Waals surface area (Å²) in [5.74, 6) is -0.287. The predicted octanol–water partition coefficient (Wildman–Crippen LogP) is 6.18. The monoisotopic (exact) mass is 505 g/mol. The van der Waals surface area contributed by atoms with Crippen LogP contribution in [-0.2, 0) is 6.54 Å². The van der Waals surface area contributed by atoms with Gasteiger partial charge in [-0.2, -0.15) is 0 Å². The summed E-state index contributed by atoms with van der Waals surface area (Å²) < 4.78 is 12.4. The van der Waals surface area contributed by atoms with E-state index in [0.717, 1.165) is 0 Å². The van der Waals surface area contributed by atoms with Gasteiger partial charge >= 0.3 is 5.97 Å². The highest BCUT2D eigenvalue weighted by Gasteiger charge is 2.22. The molecular weight excluding hydrogens is 493 g/mol. The van der Waals surface area contributed by atoms with Crippen molar-refractivity contribution >= 4 is 57.4 Å². The average Bonchev–Trinajstić information content (AvgIpc) is 3.09. The van der Waals surface area contributed by atoms with Crippen LogP contribution in [0.5, 0.6) is 11.6 Å². The maximum atomic E-state index is 12.9. The lowest BCUT2D eigenvalue weighted by Gasteiger charge is -2.07. The second-order valence-electron chi connectivity index (χ2n) is 6.91. The standard InChI is InChI=1S/C22H14Cl3N3O5/c1-32-15-5-6-19-16(10-15)21(33-22(29)20-17(24)8-13(23)9-18(20)25)26-27(19)11-12-3-2-4-14(7-12)28(30)31/h2-10H,11H2,1H3. The molecule has 168 valence electrons. The number of aromatic nitrogens is 2. The molecule has 0 unspecified atom stereocenters. The Balaban J connectivity index is 1.75. The van der Waals surface area contributed by atoms with Crippen molar-refractivity contribution in [2.75, 3.05) is 7.11 Å². The second kappa shape index (κ2) is 9.27. The van der Waals surface area contributed by atoms with Crippen LogP contribution in [0.3, 0.4) is 0 Å². The Hall–Kier alpha value is -3.33. The van der Waals surface area contributed by atoms with Crippen LogP contribution < -0.4 is 9.47 Å². The molecule has 0 fully saturated rings. The number of nitro benzene ring substituents is 1. The fourth-order valence-electron chi connectivity index (χ4n) is 3.27. The maximum Gasteiger partial charge on any atom is 0.347 e. The van der Waals surface area contributed by atoms with Crippen molar-refractivity contribution in [3.63, 3.8) is 0 Å². The van der Waals surface area contributed by atoms with Gasteiger partial charge in [-0.1, -0.05) is 46.9 Å². The van der Waals surface area contributed by atoms with Crippen molar-refractivity contribution in [2.45, 2.75) is 6.54 Å². The SMILES string of the molecule is COc1ccc2c(c1)c(OC(=O)c1c(Cl)cc(Cl)cc1Cl)nn2Cc1cccc([N+](=O)[O-])c1. The van der Waals surface area contributed by atoms with Crippen LogP contribution in [0.4, 0.5) is 5.69 Å². The number of nitro groups is 1. The van der Waals surface area contributed by atoms with Crippen LogP contribution in [0.25, 0.3) is 10.9 Å². The van der Waals surface area contributed by atoms with Crippen molar-refractivity contribution in [3.05, 3.63) is 90.9 Å². The Morgan fingerprint density at radius 3 is 2.48 bits per heavy atom. The van der Waals surface area contributed by atoms with E-state index in [1.807, 2.05) is 0 Å². The smallest absolute Gasteiger partial charge is 0.347 e. The third-order valence-electron chi connectivity index (χ3n) is 4.78. The number of halogens is 3. The number of benzene rings is 3. The molecule has 0 spiro atoms. The highest BCUT2D eigenvalue weighted by Crippen LogP contribution is 2.33. The number of carbonyl (C=O) groups is 1. The normalized spacial score (nSPS) is 10.9. The van der Waals surface area contributed by atoms with Gasteiger partial charge in [-0.25, -0.2) is 4.79 Å². The van der Waals surface area contributed by atoms with Gasteiger partial charge < -0.3 is 9.47 Å². The lowest BCUT2D eigenvalue weighted by molar-refractivity contribution is -0.384. The first-order valence-electron chi connectivity index (χ1n) is 9.41. The van der Waals surface area contributed by atoms with Gasteiger partial charge in [0.25, 0.3) is 5.69 Å². The van der Waals surface area contributed by atoms with Gasteiger partial charge in [0.15, 0.2) is 0 Å². The summed E-state index contributed by atoms with van der Waals surface area (Å²) in [4.78, 5) is 23.5. The van der Waals surface area contributed by atoms with E-state index < -0.39 is 10.9 Å². The molecule has 4 rings (SSSR count). The number of carbonyl (C=O) groups excluding carboxylic acids is 1. The number of rotatable bonds is 6. The summed E-state index contributed by atoms with van der Waals surface area (Å²) in [5.41, 5.74) is 1.18. The third-order valence-corrected chi connectivity index (χ3v) is 5.59. The van der Waals surface area contributed by atoms with E-state index >= 15 is 0 Å². The molecule has 1 aromatic heterocycles. The highest BCUT2D eigenvalue weighted by molar-refractivity contribution is 6.41. The van der Waals surface area contributed by atoms with Crippen LogP contribution >= 0.6 is 34.8 Å². The first kappa shape index (κ1) is 22.8. The summed E-state index contributed by atoms with van der Waals surface area (Å²) in [5, 5.41) is 16.4. The van der Waals surface area contributed by atoms with Crippen molar-refractivity contribution in [1.29, 1.82) is 0 Å². The summed E-state index contributed by atoms with van der Waals surface area (Å²) in [6.07, 6.45) is 0. The molecular formula is C22H14Cl3N3O5. The summed E-state index contributed by atoms with van der Waals surface area (Å²) >= 11 is 18.2. The quantitative estimate of drug-likeness (QED) is 0.176. The largest absolute Gasteiger partial charge is 0.497 e. The molecule has 0 atom stereocenters. The molecule has 0 aliphatic rings. The fraction of sp³-hybridized carbons (Fsp3) is 0.0909. The lowest BCUT2D eigenvalue weighted by Crippen LogP contribution is -2.11. The van der Waals surface area contributed by atoms with Gasteiger partial charge in [-0.15, -0.1) is 5.10 Å². The highest BCUT2D eigenvalue weighted by atomic mass is 35.5. The van der Waals surface area contributed by atoms with Crippen molar-refractivity contribution in [1.82, 2.24) is 9.78 Å². The zero-order valence-corrected chi connectivity index (χ0v) is 19.2. The van der Waals surface area contributed by atoms with Gasteiger partial charge in [-0.05, 0) is 35.9 Å². The summed E-state index contributed by atoms with van der Waals surface area (Å²) in [6.45, 7) is 0.199. The molecule has 0 aliphatic carbocycles. The minimum atomic E-state index is -0.814. The van der Waals surface area contributed by atoms with Gasteiger partial charge in [0.05, 0.1) is 45.1 Å². The summed E-state index contributed by atoms with van der Waals surface area (Å²) in [6, 6.07) is 14.1. The second-order valence-corrected chi connectivity index (χ2v) is 8.16. The van der Waals surface area contributed by atoms with E-state index in [4.69, 9.17) is 44.3 Å². The van der Waals surface area contributed by atoms with Gasteiger partial charge in [-0.3, -0.25) is 14.8 Å². The number of hydrogen-bond donors (Lipinski definition) is 0. The van der Waals surface area contributed by atoms with Crippen molar-refractivity contribution in [3.8, 4) is 11.6 Å². The third kappa shape index (κ3) is 4.73.